The Labute approximate surface area is 182 Å². The molecule has 3 aromatic carbocycles. The molecule has 2 amide bonds. The van der Waals surface area contributed by atoms with Crippen molar-refractivity contribution in [2.45, 2.75) is 13.0 Å². The van der Waals surface area contributed by atoms with Gasteiger partial charge in [0.2, 0.25) is 0 Å². The van der Waals surface area contributed by atoms with Crippen LogP contribution < -0.4 is 15.8 Å². The average Bonchev–Trinajstić information content (AvgIpc) is 2.75. The number of nitrogens with one attached hydrogen (secondary N) is 1. The van der Waals surface area contributed by atoms with Crippen LogP contribution >= 0.6 is 15.9 Å². The first kappa shape index (κ1) is 21.5. The zero-order valence-corrected chi connectivity index (χ0v) is 17.6. The molecule has 3 N–H and O–H groups in total. The van der Waals surface area contributed by atoms with E-state index in [0.29, 0.717) is 34.3 Å². The molecule has 0 aliphatic rings. The Kier molecular flexibility index (Phi) is 7.19. The lowest BCUT2D eigenvalue weighted by atomic mass is 10.1. The number of hydrogen-bond acceptors (Lipinski definition) is 3. The number of rotatable bonds is 8. The summed E-state index contributed by atoms with van der Waals surface area (Å²) >= 11 is 3.16. The molecule has 0 spiro atoms. The van der Waals surface area contributed by atoms with Gasteiger partial charge in [-0.2, -0.15) is 0 Å². The Bertz CT molecular complexity index is 1070. The summed E-state index contributed by atoms with van der Waals surface area (Å²) in [4.78, 5) is 23.9. The topological polar surface area (TPSA) is 81.4 Å². The van der Waals surface area contributed by atoms with Gasteiger partial charge in [-0.1, -0.05) is 30.3 Å². The first-order valence-electron chi connectivity index (χ1n) is 9.27. The summed E-state index contributed by atoms with van der Waals surface area (Å²) in [5, 5.41) is 2.86. The highest BCUT2D eigenvalue weighted by Gasteiger charge is 2.10. The van der Waals surface area contributed by atoms with Crippen molar-refractivity contribution in [3.63, 3.8) is 0 Å². The standard InChI is InChI=1S/C23H20BrFN2O3/c24-19-13-15(8-9-20(19)25)10-11-27-23(29)17-5-3-4-16(12-17)14-30-21-7-2-1-6-18(21)22(26)28/h1-9,12-13H,10-11,14H2,(H2,26,28)(H,27,29). The lowest BCUT2D eigenvalue weighted by molar-refractivity contribution is 0.0952. The molecule has 0 saturated carbocycles. The zero-order valence-electron chi connectivity index (χ0n) is 16.0. The van der Waals surface area contributed by atoms with Crippen LogP contribution in [0.5, 0.6) is 5.75 Å². The summed E-state index contributed by atoms with van der Waals surface area (Å²) in [5.74, 6) is -0.701. The number of primary amides is 1. The van der Waals surface area contributed by atoms with Crippen LogP contribution in [0.15, 0.2) is 71.2 Å². The molecule has 0 aromatic heterocycles. The van der Waals surface area contributed by atoms with E-state index in [-0.39, 0.29) is 18.3 Å². The molecule has 154 valence electrons. The molecule has 3 rings (SSSR count). The minimum atomic E-state index is -0.563. The highest BCUT2D eigenvalue weighted by atomic mass is 79.9. The molecule has 30 heavy (non-hydrogen) atoms. The van der Waals surface area contributed by atoms with Crippen molar-refractivity contribution in [3.05, 3.63) is 99.3 Å². The van der Waals surface area contributed by atoms with E-state index in [1.165, 1.54) is 6.07 Å². The van der Waals surface area contributed by atoms with Crippen LogP contribution in [0.4, 0.5) is 4.39 Å². The van der Waals surface area contributed by atoms with E-state index in [1.807, 2.05) is 6.07 Å². The van der Waals surface area contributed by atoms with Crippen LogP contribution in [0.25, 0.3) is 0 Å². The summed E-state index contributed by atoms with van der Waals surface area (Å²) in [7, 11) is 0. The van der Waals surface area contributed by atoms with Gasteiger partial charge in [-0.15, -0.1) is 0 Å². The average molecular weight is 471 g/mol. The van der Waals surface area contributed by atoms with E-state index in [1.54, 1.807) is 54.6 Å². The third kappa shape index (κ3) is 5.67. The molecular formula is C23H20BrFN2O3. The van der Waals surface area contributed by atoms with Crippen LogP contribution in [0.1, 0.15) is 31.8 Å². The molecule has 0 fully saturated rings. The van der Waals surface area contributed by atoms with Crippen molar-refractivity contribution < 1.29 is 18.7 Å². The quantitative estimate of drug-likeness (QED) is 0.516. The molecule has 3 aromatic rings. The first-order chi connectivity index (χ1) is 14.4. The van der Waals surface area contributed by atoms with Gasteiger partial charge in [0.05, 0.1) is 10.0 Å². The Morgan fingerprint density at radius 1 is 1.00 bits per heavy atom. The first-order valence-corrected chi connectivity index (χ1v) is 10.1. The number of nitrogens with two attached hydrogens (primary N) is 1. The summed E-state index contributed by atoms with van der Waals surface area (Å²) in [6.45, 7) is 0.610. The van der Waals surface area contributed by atoms with E-state index in [9.17, 15) is 14.0 Å². The second kappa shape index (κ2) is 10.0. The van der Waals surface area contributed by atoms with Gasteiger partial charge in [-0.3, -0.25) is 9.59 Å². The molecule has 0 unspecified atom stereocenters. The number of halogens is 2. The summed E-state index contributed by atoms with van der Waals surface area (Å²) < 4.78 is 19.4. The third-order valence-electron chi connectivity index (χ3n) is 4.42. The van der Waals surface area contributed by atoms with Crippen molar-refractivity contribution >= 4 is 27.7 Å². The molecule has 0 bridgehead atoms. The lowest BCUT2D eigenvalue weighted by Crippen LogP contribution is -2.25. The maximum Gasteiger partial charge on any atom is 0.252 e. The van der Waals surface area contributed by atoms with E-state index < -0.39 is 5.91 Å². The Hall–Kier alpha value is -3.19. The molecule has 0 atom stereocenters. The summed E-state index contributed by atoms with van der Waals surface area (Å²) in [5.41, 5.74) is 7.86. The maximum absolute atomic E-state index is 13.3. The van der Waals surface area contributed by atoms with E-state index in [0.717, 1.165) is 11.1 Å². The van der Waals surface area contributed by atoms with Crippen molar-refractivity contribution in [3.8, 4) is 5.75 Å². The highest BCUT2D eigenvalue weighted by molar-refractivity contribution is 9.10. The van der Waals surface area contributed by atoms with Gasteiger partial charge in [0.15, 0.2) is 0 Å². The molecule has 5 nitrogen and oxygen atoms in total. The summed E-state index contributed by atoms with van der Waals surface area (Å²) in [6, 6.07) is 18.6. The molecule has 0 aliphatic carbocycles. The molecule has 7 heteroatoms. The van der Waals surface area contributed by atoms with Gasteiger partial charge in [-0.05, 0) is 69.9 Å². The summed E-state index contributed by atoms with van der Waals surface area (Å²) in [6.07, 6.45) is 0.581. The molecule has 0 heterocycles. The number of benzene rings is 3. The van der Waals surface area contributed by atoms with Crippen molar-refractivity contribution in [1.82, 2.24) is 5.32 Å². The maximum atomic E-state index is 13.3. The van der Waals surface area contributed by atoms with E-state index in [2.05, 4.69) is 21.2 Å². The van der Waals surface area contributed by atoms with Gasteiger partial charge in [0, 0.05) is 12.1 Å². The minimum absolute atomic E-state index is 0.190. The lowest BCUT2D eigenvalue weighted by Gasteiger charge is -2.11. The largest absolute Gasteiger partial charge is 0.488 e. The van der Waals surface area contributed by atoms with Crippen LogP contribution in [-0.2, 0) is 13.0 Å². The fourth-order valence-electron chi connectivity index (χ4n) is 2.88. The highest BCUT2D eigenvalue weighted by Crippen LogP contribution is 2.19. The minimum Gasteiger partial charge on any atom is -0.488 e. The number of ether oxygens (including phenoxy) is 1. The second-order valence-electron chi connectivity index (χ2n) is 6.60. The number of carbonyl (C=O) groups is 2. The number of para-hydroxylation sites is 1. The van der Waals surface area contributed by atoms with Crippen molar-refractivity contribution in [2.75, 3.05) is 6.54 Å². The Morgan fingerprint density at radius 3 is 2.57 bits per heavy atom. The van der Waals surface area contributed by atoms with Crippen molar-refractivity contribution in [2.24, 2.45) is 5.73 Å². The zero-order chi connectivity index (χ0) is 21.5. The fraction of sp³-hybridized carbons (Fsp3) is 0.130. The van der Waals surface area contributed by atoms with Gasteiger partial charge in [0.25, 0.3) is 11.8 Å². The van der Waals surface area contributed by atoms with Crippen LogP contribution in [0.2, 0.25) is 0 Å². The Morgan fingerprint density at radius 2 is 1.80 bits per heavy atom. The predicted molar refractivity (Wildman–Crippen MR) is 116 cm³/mol. The van der Waals surface area contributed by atoms with Gasteiger partial charge in [0.1, 0.15) is 18.2 Å². The SMILES string of the molecule is NC(=O)c1ccccc1OCc1cccc(C(=O)NCCc2ccc(F)c(Br)c2)c1. The smallest absolute Gasteiger partial charge is 0.252 e. The third-order valence-corrected chi connectivity index (χ3v) is 5.03. The van der Waals surface area contributed by atoms with Gasteiger partial charge >= 0.3 is 0 Å². The molecular weight excluding hydrogens is 451 g/mol. The number of hydrogen-bond donors (Lipinski definition) is 2. The number of amides is 2. The molecule has 0 aliphatic heterocycles. The fourth-order valence-corrected chi connectivity index (χ4v) is 3.30. The normalized spacial score (nSPS) is 10.5. The monoisotopic (exact) mass is 470 g/mol. The Balaban J connectivity index is 1.57. The van der Waals surface area contributed by atoms with Gasteiger partial charge in [-0.25, -0.2) is 4.39 Å². The van der Waals surface area contributed by atoms with Crippen LogP contribution in [-0.4, -0.2) is 18.4 Å². The number of carbonyl (C=O) groups excluding carboxylic acids is 2. The van der Waals surface area contributed by atoms with Gasteiger partial charge < -0.3 is 15.8 Å². The van der Waals surface area contributed by atoms with E-state index in [4.69, 9.17) is 10.5 Å². The van der Waals surface area contributed by atoms with Crippen molar-refractivity contribution in [1.29, 1.82) is 0 Å². The molecule has 0 saturated heterocycles. The molecule has 0 radical (unpaired) electrons. The van der Waals surface area contributed by atoms with E-state index >= 15 is 0 Å². The predicted octanol–water partition coefficient (Wildman–Crippen LogP) is 4.24. The second-order valence-corrected chi connectivity index (χ2v) is 7.46. The van der Waals surface area contributed by atoms with Crippen LogP contribution in [0, 0.1) is 5.82 Å². The van der Waals surface area contributed by atoms with Crippen LogP contribution in [0.3, 0.4) is 0 Å².